The molecule has 0 saturated heterocycles. The lowest BCUT2D eigenvalue weighted by molar-refractivity contribution is 0.415. The third kappa shape index (κ3) is 1.67. The SMILES string of the molecule is COc1cc(I)c2cc(C)sc2c1. The van der Waals surface area contributed by atoms with Gasteiger partial charge in [0.1, 0.15) is 5.75 Å². The number of methoxy groups -OCH3 is 1. The van der Waals surface area contributed by atoms with Crippen LogP contribution in [0.25, 0.3) is 10.1 Å². The summed E-state index contributed by atoms with van der Waals surface area (Å²) < 4.78 is 7.78. The van der Waals surface area contributed by atoms with Crippen molar-refractivity contribution in [3.05, 3.63) is 26.6 Å². The third-order valence-electron chi connectivity index (χ3n) is 1.92. The predicted molar refractivity (Wildman–Crippen MR) is 65.8 cm³/mol. The Kier molecular flexibility index (Phi) is 2.47. The van der Waals surface area contributed by atoms with Gasteiger partial charge in [0.25, 0.3) is 0 Å². The van der Waals surface area contributed by atoms with Crippen LogP contribution in [-0.4, -0.2) is 7.11 Å². The van der Waals surface area contributed by atoms with Crippen molar-refractivity contribution >= 4 is 44.0 Å². The molecule has 1 heterocycles. The fraction of sp³-hybridized carbons (Fsp3) is 0.200. The molecule has 1 nitrogen and oxygen atoms in total. The van der Waals surface area contributed by atoms with Gasteiger partial charge in [-0.3, -0.25) is 0 Å². The Bertz CT molecular complexity index is 447. The van der Waals surface area contributed by atoms with E-state index in [1.165, 1.54) is 18.5 Å². The van der Waals surface area contributed by atoms with E-state index in [-0.39, 0.29) is 0 Å². The molecule has 0 unspecified atom stereocenters. The fourth-order valence-electron chi connectivity index (χ4n) is 1.32. The minimum atomic E-state index is 0.943. The molecule has 0 bridgehead atoms. The van der Waals surface area contributed by atoms with Gasteiger partial charge in [-0.1, -0.05) is 0 Å². The van der Waals surface area contributed by atoms with Gasteiger partial charge in [0.05, 0.1) is 7.11 Å². The molecular weight excluding hydrogens is 295 g/mol. The van der Waals surface area contributed by atoms with Crippen molar-refractivity contribution in [1.29, 1.82) is 0 Å². The molecule has 0 atom stereocenters. The highest BCUT2D eigenvalue weighted by Crippen LogP contribution is 2.32. The van der Waals surface area contributed by atoms with Crippen LogP contribution in [0.5, 0.6) is 5.75 Å². The molecule has 0 radical (unpaired) electrons. The first-order chi connectivity index (χ1) is 6.20. The van der Waals surface area contributed by atoms with E-state index >= 15 is 0 Å². The van der Waals surface area contributed by atoms with Gasteiger partial charge in [0.2, 0.25) is 0 Å². The molecule has 13 heavy (non-hydrogen) atoms. The van der Waals surface area contributed by atoms with Crippen LogP contribution in [0.1, 0.15) is 4.88 Å². The van der Waals surface area contributed by atoms with Gasteiger partial charge in [-0.15, -0.1) is 11.3 Å². The van der Waals surface area contributed by atoms with Crippen LogP contribution in [0.4, 0.5) is 0 Å². The number of benzene rings is 1. The van der Waals surface area contributed by atoms with Crippen LogP contribution in [0, 0.1) is 10.5 Å². The normalized spacial score (nSPS) is 10.7. The summed E-state index contributed by atoms with van der Waals surface area (Å²) in [6.07, 6.45) is 0. The molecule has 0 aliphatic carbocycles. The molecule has 0 aliphatic rings. The minimum Gasteiger partial charge on any atom is -0.497 e. The van der Waals surface area contributed by atoms with Crippen molar-refractivity contribution in [2.75, 3.05) is 7.11 Å². The predicted octanol–water partition coefficient (Wildman–Crippen LogP) is 3.82. The lowest BCUT2D eigenvalue weighted by Crippen LogP contribution is -1.82. The zero-order valence-corrected chi connectivity index (χ0v) is 10.4. The van der Waals surface area contributed by atoms with E-state index in [0.29, 0.717) is 0 Å². The molecule has 0 fully saturated rings. The van der Waals surface area contributed by atoms with Crippen LogP contribution in [0.2, 0.25) is 0 Å². The van der Waals surface area contributed by atoms with Crippen LogP contribution >= 0.6 is 33.9 Å². The first-order valence-electron chi connectivity index (χ1n) is 3.94. The van der Waals surface area contributed by atoms with Gasteiger partial charge < -0.3 is 4.74 Å². The number of rotatable bonds is 1. The number of hydrogen-bond acceptors (Lipinski definition) is 2. The lowest BCUT2D eigenvalue weighted by atomic mass is 10.2. The molecule has 68 valence electrons. The van der Waals surface area contributed by atoms with E-state index < -0.39 is 0 Å². The standard InChI is InChI=1S/C10H9IOS/c1-6-3-8-9(11)4-7(12-2)5-10(8)13-6/h3-5H,1-2H3. The highest BCUT2D eigenvalue weighted by atomic mass is 127. The first-order valence-corrected chi connectivity index (χ1v) is 5.84. The van der Waals surface area contributed by atoms with E-state index in [1.54, 1.807) is 7.11 Å². The van der Waals surface area contributed by atoms with E-state index in [1.807, 2.05) is 11.3 Å². The van der Waals surface area contributed by atoms with Gasteiger partial charge >= 0.3 is 0 Å². The van der Waals surface area contributed by atoms with Crippen LogP contribution in [0.3, 0.4) is 0 Å². The van der Waals surface area contributed by atoms with Gasteiger partial charge in [0, 0.05) is 18.5 Å². The highest BCUT2D eigenvalue weighted by molar-refractivity contribution is 14.1. The average Bonchev–Trinajstić information content (AvgIpc) is 2.46. The van der Waals surface area contributed by atoms with Gasteiger partial charge in [-0.2, -0.15) is 0 Å². The number of ether oxygens (including phenoxy) is 1. The largest absolute Gasteiger partial charge is 0.497 e. The summed E-state index contributed by atoms with van der Waals surface area (Å²) in [5, 5.41) is 1.34. The maximum absolute atomic E-state index is 5.21. The quantitative estimate of drug-likeness (QED) is 0.728. The van der Waals surface area contributed by atoms with Gasteiger partial charge in [0.15, 0.2) is 0 Å². The van der Waals surface area contributed by atoms with E-state index in [4.69, 9.17) is 4.74 Å². The molecule has 3 heteroatoms. The number of aryl methyl sites for hydroxylation is 1. The maximum Gasteiger partial charge on any atom is 0.121 e. The average molecular weight is 304 g/mol. The highest BCUT2D eigenvalue weighted by Gasteiger charge is 2.04. The second kappa shape index (κ2) is 3.46. The molecule has 0 saturated carbocycles. The summed E-state index contributed by atoms with van der Waals surface area (Å²) >= 11 is 4.16. The Balaban J connectivity index is 2.75. The zero-order valence-electron chi connectivity index (χ0n) is 7.43. The molecular formula is C10H9IOS. The second-order valence-electron chi connectivity index (χ2n) is 2.88. The molecule has 0 aliphatic heterocycles. The Hall–Kier alpha value is -0.290. The van der Waals surface area contributed by atoms with Crippen LogP contribution in [0.15, 0.2) is 18.2 Å². The van der Waals surface area contributed by atoms with Crippen molar-refractivity contribution in [2.45, 2.75) is 6.92 Å². The number of fused-ring (bicyclic) bond motifs is 1. The van der Waals surface area contributed by atoms with Crippen molar-refractivity contribution < 1.29 is 4.74 Å². The third-order valence-corrected chi connectivity index (χ3v) is 3.81. The Labute approximate surface area is 94.9 Å². The first kappa shape index (κ1) is 9.27. The van der Waals surface area contributed by atoms with Crippen molar-refractivity contribution in [2.24, 2.45) is 0 Å². The molecule has 2 rings (SSSR count). The lowest BCUT2D eigenvalue weighted by Gasteiger charge is -2.00. The molecule has 2 aromatic rings. The Morgan fingerprint density at radius 1 is 1.31 bits per heavy atom. The summed E-state index contributed by atoms with van der Waals surface area (Å²) in [6.45, 7) is 2.13. The van der Waals surface area contributed by atoms with Gasteiger partial charge in [-0.25, -0.2) is 0 Å². The summed E-state index contributed by atoms with van der Waals surface area (Å²) in [7, 11) is 1.71. The molecule has 1 aromatic heterocycles. The fourth-order valence-corrected chi connectivity index (χ4v) is 3.23. The monoisotopic (exact) mass is 304 g/mol. The Morgan fingerprint density at radius 3 is 2.77 bits per heavy atom. The van der Waals surface area contributed by atoms with E-state index in [0.717, 1.165) is 5.75 Å². The summed E-state index contributed by atoms with van der Waals surface area (Å²) in [5.41, 5.74) is 0. The van der Waals surface area contributed by atoms with Crippen molar-refractivity contribution in [3.63, 3.8) is 0 Å². The van der Waals surface area contributed by atoms with Crippen LogP contribution < -0.4 is 4.74 Å². The summed E-state index contributed by atoms with van der Waals surface area (Å²) in [6, 6.07) is 6.38. The van der Waals surface area contributed by atoms with E-state index in [2.05, 4.69) is 47.7 Å². The zero-order chi connectivity index (χ0) is 9.42. The number of thiophene rings is 1. The second-order valence-corrected chi connectivity index (χ2v) is 5.33. The maximum atomic E-state index is 5.21. The molecule has 0 spiro atoms. The van der Waals surface area contributed by atoms with Crippen molar-refractivity contribution in [1.82, 2.24) is 0 Å². The topological polar surface area (TPSA) is 9.23 Å². The number of halogens is 1. The number of hydrogen-bond donors (Lipinski definition) is 0. The minimum absolute atomic E-state index is 0.943. The summed E-state index contributed by atoms with van der Waals surface area (Å²) in [5.74, 6) is 0.943. The molecule has 0 N–H and O–H groups in total. The Morgan fingerprint density at radius 2 is 2.08 bits per heavy atom. The smallest absolute Gasteiger partial charge is 0.121 e. The van der Waals surface area contributed by atoms with Crippen LogP contribution in [-0.2, 0) is 0 Å². The van der Waals surface area contributed by atoms with E-state index in [9.17, 15) is 0 Å². The van der Waals surface area contributed by atoms with Gasteiger partial charge in [-0.05, 0) is 47.7 Å². The van der Waals surface area contributed by atoms with Crippen molar-refractivity contribution in [3.8, 4) is 5.75 Å². The summed E-state index contributed by atoms with van der Waals surface area (Å²) in [4.78, 5) is 1.35. The molecule has 0 amide bonds. The molecule has 1 aromatic carbocycles.